The third kappa shape index (κ3) is 6.59. The van der Waals surface area contributed by atoms with Gasteiger partial charge >= 0.3 is 18.3 Å². The average Bonchev–Trinajstić information content (AvgIpc) is 3.52. The van der Waals surface area contributed by atoms with Gasteiger partial charge in [-0.15, -0.1) is 0 Å². The molecule has 0 bridgehead atoms. The van der Waals surface area contributed by atoms with Crippen molar-refractivity contribution in [1.82, 2.24) is 4.90 Å². The monoisotopic (exact) mass is 733 g/mol. The van der Waals surface area contributed by atoms with E-state index in [-0.39, 0.29) is 49.9 Å². The molecule has 1 unspecified atom stereocenters. The quantitative estimate of drug-likeness (QED) is 0.183. The highest BCUT2D eigenvalue weighted by Gasteiger charge is 2.74. The number of likely N-dealkylation sites (tertiary alicyclic amines) is 1. The summed E-state index contributed by atoms with van der Waals surface area (Å²) < 4.78 is 148. The molecule has 0 radical (unpaired) electrons. The van der Waals surface area contributed by atoms with E-state index in [1.165, 1.54) is 30.3 Å². The van der Waals surface area contributed by atoms with Gasteiger partial charge in [-0.05, 0) is 73.6 Å². The molecule has 16 heteroatoms. The van der Waals surface area contributed by atoms with Crippen LogP contribution in [0.15, 0.2) is 77.7 Å². The second-order valence-corrected chi connectivity index (χ2v) is 14.8. The van der Waals surface area contributed by atoms with Crippen molar-refractivity contribution in [2.75, 3.05) is 13.1 Å². The zero-order valence-electron chi connectivity index (χ0n) is 26.1. The third-order valence-electron chi connectivity index (χ3n) is 9.58. The predicted octanol–water partition coefficient (Wildman–Crippen LogP) is 7.29. The highest BCUT2D eigenvalue weighted by Crippen LogP contribution is 2.55. The van der Waals surface area contributed by atoms with Crippen molar-refractivity contribution in [2.24, 2.45) is 11.8 Å². The minimum atomic E-state index is -6.24. The number of amides is 1. The summed E-state index contributed by atoms with van der Waals surface area (Å²) in [5, 5.41) is 9.30. The SMILES string of the molecule is O=C(O)C1CCC(C(=O)N2CCC(c3ccc(C(OCc4ccccc4)(C(F)(F)F)C(F)(F)F)c(F)c3)(S(=O)(=O)c3ccc(F)cc3)C2)CC1. The van der Waals surface area contributed by atoms with E-state index in [0.29, 0.717) is 6.07 Å². The molecular formula is C34H31F8NO6S. The van der Waals surface area contributed by atoms with Crippen molar-refractivity contribution in [2.45, 2.75) is 66.3 Å². The van der Waals surface area contributed by atoms with Crippen LogP contribution in [0.1, 0.15) is 48.8 Å². The van der Waals surface area contributed by atoms with Gasteiger partial charge in [0.05, 0.1) is 17.4 Å². The highest BCUT2D eigenvalue weighted by molar-refractivity contribution is 7.92. The Labute approximate surface area is 281 Å². The number of carbonyl (C=O) groups is 2. The van der Waals surface area contributed by atoms with Gasteiger partial charge in [0.2, 0.25) is 5.91 Å². The van der Waals surface area contributed by atoms with E-state index in [1.54, 1.807) is 0 Å². The molecule has 3 aromatic rings. The van der Waals surface area contributed by atoms with Crippen molar-refractivity contribution >= 4 is 21.7 Å². The fourth-order valence-electron chi connectivity index (χ4n) is 6.82. The Morgan fingerprint density at radius 3 is 1.96 bits per heavy atom. The first-order valence-electron chi connectivity index (χ1n) is 15.5. The number of sulfone groups is 1. The summed E-state index contributed by atoms with van der Waals surface area (Å²) in [5.74, 6) is -5.73. The number of halogens is 8. The van der Waals surface area contributed by atoms with Crippen LogP contribution in [0, 0.1) is 23.5 Å². The minimum Gasteiger partial charge on any atom is -0.481 e. The van der Waals surface area contributed by atoms with Crippen LogP contribution in [-0.4, -0.2) is 55.7 Å². The summed E-state index contributed by atoms with van der Waals surface area (Å²) in [6.45, 7) is -2.11. The van der Waals surface area contributed by atoms with Gasteiger partial charge in [0, 0.05) is 24.6 Å². The Balaban J connectivity index is 1.59. The number of nitrogens with zero attached hydrogens (tertiary/aromatic N) is 1. The lowest BCUT2D eigenvalue weighted by Gasteiger charge is -2.38. The Morgan fingerprint density at radius 2 is 1.42 bits per heavy atom. The van der Waals surface area contributed by atoms with Crippen LogP contribution in [0.25, 0.3) is 0 Å². The maximum absolute atomic E-state index is 16.0. The number of carbonyl (C=O) groups excluding carboxylic acids is 1. The molecule has 2 fully saturated rings. The highest BCUT2D eigenvalue weighted by atomic mass is 32.2. The number of hydrogen-bond acceptors (Lipinski definition) is 5. The van der Waals surface area contributed by atoms with Gasteiger partial charge < -0.3 is 14.7 Å². The molecule has 1 saturated carbocycles. The van der Waals surface area contributed by atoms with E-state index in [2.05, 4.69) is 4.74 Å². The van der Waals surface area contributed by atoms with Crippen LogP contribution in [-0.2, 0) is 41.1 Å². The fourth-order valence-corrected chi connectivity index (χ4v) is 8.89. The van der Waals surface area contributed by atoms with E-state index in [0.717, 1.165) is 29.2 Å². The molecule has 1 heterocycles. The molecule has 3 aromatic carbocycles. The van der Waals surface area contributed by atoms with Crippen LogP contribution in [0.3, 0.4) is 0 Å². The summed E-state index contributed by atoms with van der Waals surface area (Å²) in [6, 6.07) is 11.2. The van der Waals surface area contributed by atoms with Crippen LogP contribution < -0.4 is 0 Å². The van der Waals surface area contributed by atoms with Gasteiger partial charge in [-0.3, -0.25) is 9.59 Å². The van der Waals surface area contributed by atoms with Crippen LogP contribution in [0.2, 0.25) is 0 Å². The molecule has 1 atom stereocenters. The lowest BCUT2D eigenvalue weighted by molar-refractivity contribution is -0.393. The zero-order chi connectivity index (χ0) is 36.7. The van der Waals surface area contributed by atoms with E-state index in [9.17, 15) is 53.8 Å². The van der Waals surface area contributed by atoms with Gasteiger partial charge in [0.1, 0.15) is 16.4 Å². The molecule has 7 nitrogen and oxygen atoms in total. The molecule has 0 aromatic heterocycles. The molecule has 1 aliphatic carbocycles. The number of hydrogen-bond donors (Lipinski definition) is 1. The summed E-state index contributed by atoms with van der Waals surface area (Å²) >= 11 is 0. The summed E-state index contributed by atoms with van der Waals surface area (Å²) in [7, 11) is -4.74. The molecule has 1 N–H and O–H groups in total. The van der Waals surface area contributed by atoms with Gasteiger partial charge in [-0.2, -0.15) is 26.3 Å². The number of rotatable bonds is 9. The van der Waals surface area contributed by atoms with Gasteiger partial charge in [0.15, 0.2) is 9.84 Å². The number of benzene rings is 3. The Bertz CT molecular complexity index is 1810. The molecular weight excluding hydrogens is 702 g/mol. The number of carboxylic acid groups (broad SMARTS) is 1. The number of carboxylic acids is 1. The molecule has 270 valence electrons. The van der Waals surface area contributed by atoms with Crippen LogP contribution in [0.4, 0.5) is 35.1 Å². The lowest BCUT2D eigenvalue weighted by Crippen LogP contribution is -2.56. The topological polar surface area (TPSA) is 101 Å². The second kappa shape index (κ2) is 13.6. The Hall–Kier alpha value is -4.05. The Kier molecular flexibility index (Phi) is 10.1. The van der Waals surface area contributed by atoms with E-state index in [4.69, 9.17) is 0 Å². The van der Waals surface area contributed by atoms with Crippen LogP contribution >= 0.6 is 0 Å². The van der Waals surface area contributed by atoms with E-state index in [1.807, 2.05) is 0 Å². The standard InChI is InChI=1S/C34H31F8NO6S/c35-25-11-13-26(14-12-25)50(47,48)31(16-17-43(20-31)29(44)22-6-8-23(9-7-22)30(45)46)24-10-15-27(28(36)18-24)32(33(37,38)39,34(40,41)42)49-19-21-4-2-1-3-5-21/h1-5,10-15,18,22-23H,6-9,16-17,19-20H2,(H,45,46). The number of ether oxygens (including phenoxy) is 1. The van der Waals surface area contributed by atoms with Crippen molar-refractivity contribution in [3.8, 4) is 0 Å². The molecule has 50 heavy (non-hydrogen) atoms. The van der Waals surface area contributed by atoms with Gasteiger partial charge in [-0.25, -0.2) is 17.2 Å². The zero-order valence-corrected chi connectivity index (χ0v) is 26.9. The molecule has 5 rings (SSSR count). The van der Waals surface area contributed by atoms with Crippen molar-refractivity contribution < 1.29 is 63.0 Å². The molecule has 2 aliphatic rings. The largest absolute Gasteiger partial charge is 0.481 e. The molecule has 1 amide bonds. The first-order valence-corrected chi connectivity index (χ1v) is 17.0. The molecule has 1 saturated heterocycles. The van der Waals surface area contributed by atoms with E-state index >= 15 is 4.39 Å². The summed E-state index contributed by atoms with van der Waals surface area (Å²) in [6.07, 6.45) is -12.2. The third-order valence-corrected chi connectivity index (χ3v) is 12.1. The normalized spacial score (nSPS) is 22.0. The molecule has 1 aliphatic heterocycles. The smallest absolute Gasteiger partial charge is 0.430 e. The maximum atomic E-state index is 16.0. The van der Waals surface area contributed by atoms with Crippen molar-refractivity contribution in [1.29, 1.82) is 0 Å². The first kappa shape index (κ1) is 37.2. The molecule has 0 spiro atoms. The van der Waals surface area contributed by atoms with Gasteiger partial charge in [-0.1, -0.05) is 42.5 Å². The maximum Gasteiger partial charge on any atom is 0.430 e. The average molecular weight is 734 g/mol. The number of aliphatic carboxylic acids is 1. The van der Waals surface area contributed by atoms with Crippen molar-refractivity contribution in [3.63, 3.8) is 0 Å². The fraction of sp³-hybridized carbons (Fsp3) is 0.412. The lowest BCUT2D eigenvalue weighted by atomic mass is 9.81. The van der Waals surface area contributed by atoms with Crippen molar-refractivity contribution in [3.05, 3.63) is 101 Å². The predicted molar refractivity (Wildman–Crippen MR) is 161 cm³/mol. The van der Waals surface area contributed by atoms with Gasteiger partial charge in [0.25, 0.3) is 5.60 Å². The summed E-state index contributed by atoms with van der Waals surface area (Å²) in [5.41, 5.74) is -7.71. The Morgan fingerprint density at radius 1 is 0.840 bits per heavy atom. The summed E-state index contributed by atoms with van der Waals surface area (Å²) in [4.78, 5) is 25.6. The van der Waals surface area contributed by atoms with E-state index < -0.39 is 103 Å². The first-order chi connectivity index (χ1) is 23.3. The minimum absolute atomic E-state index is 0.0705. The second-order valence-electron chi connectivity index (χ2n) is 12.5. The van der Waals surface area contributed by atoms with Crippen LogP contribution in [0.5, 0.6) is 0 Å². The number of alkyl halides is 6.